The van der Waals surface area contributed by atoms with E-state index < -0.39 is 29.9 Å². The number of hydrogen-bond acceptors (Lipinski definition) is 6. The second kappa shape index (κ2) is 9.90. The highest BCUT2D eigenvalue weighted by Crippen LogP contribution is 2.10. The van der Waals surface area contributed by atoms with Crippen molar-refractivity contribution in [2.24, 2.45) is 5.92 Å². The minimum absolute atomic E-state index is 0.0151. The number of anilines is 1. The van der Waals surface area contributed by atoms with E-state index in [1.807, 2.05) is 0 Å². The Labute approximate surface area is 151 Å². The van der Waals surface area contributed by atoms with E-state index in [1.54, 1.807) is 44.2 Å². The van der Waals surface area contributed by atoms with Gasteiger partial charge in [0.2, 0.25) is 11.8 Å². The molecule has 138 valence electrons. The number of hydrogen-bond donors (Lipinski definition) is 5. The van der Waals surface area contributed by atoms with E-state index in [0.717, 1.165) is 5.06 Å². The SMILES string of the molecule is CC(C)[C@H](NC(=O)[C@H](CS)NC(=O)CN(O)c1ccccc1)C(=O)O. The van der Waals surface area contributed by atoms with Gasteiger partial charge in [0.25, 0.3) is 0 Å². The van der Waals surface area contributed by atoms with Crippen LogP contribution in [0.25, 0.3) is 0 Å². The zero-order valence-corrected chi connectivity index (χ0v) is 14.9. The van der Waals surface area contributed by atoms with E-state index in [4.69, 9.17) is 5.11 Å². The van der Waals surface area contributed by atoms with Crippen LogP contribution >= 0.6 is 12.6 Å². The summed E-state index contributed by atoms with van der Waals surface area (Å²) in [5.74, 6) is -2.73. The van der Waals surface area contributed by atoms with Crippen molar-refractivity contribution in [1.29, 1.82) is 0 Å². The largest absolute Gasteiger partial charge is 0.480 e. The summed E-state index contributed by atoms with van der Waals surface area (Å²) in [7, 11) is 0. The number of carboxylic acids is 1. The molecule has 0 aliphatic heterocycles. The van der Waals surface area contributed by atoms with Crippen molar-refractivity contribution in [2.75, 3.05) is 17.4 Å². The number of carboxylic acid groups (broad SMARTS) is 1. The lowest BCUT2D eigenvalue weighted by atomic mass is 10.0. The van der Waals surface area contributed by atoms with Crippen LogP contribution in [0.1, 0.15) is 13.8 Å². The van der Waals surface area contributed by atoms with Gasteiger partial charge in [0.1, 0.15) is 18.6 Å². The number of rotatable bonds is 9. The number of para-hydroxylation sites is 1. The van der Waals surface area contributed by atoms with Crippen LogP contribution in [0.2, 0.25) is 0 Å². The molecule has 8 nitrogen and oxygen atoms in total. The van der Waals surface area contributed by atoms with Gasteiger partial charge < -0.3 is 15.7 Å². The first-order chi connectivity index (χ1) is 11.8. The zero-order chi connectivity index (χ0) is 19.0. The molecule has 0 saturated heterocycles. The summed E-state index contributed by atoms with van der Waals surface area (Å²) in [6, 6.07) is 6.35. The Balaban J connectivity index is 2.63. The van der Waals surface area contributed by atoms with Crippen molar-refractivity contribution in [3.8, 4) is 0 Å². The van der Waals surface area contributed by atoms with E-state index in [-0.39, 0.29) is 18.2 Å². The van der Waals surface area contributed by atoms with Gasteiger partial charge in [0.15, 0.2) is 0 Å². The molecule has 0 unspecified atom stereocenters. The number of thiol groups is 1. The van der Waals surface area contributed by atoms with Crippen LogP contribution in [0.5, 0.6) is 0 Å². The van der Waals surface area contributed by atoms with E-state index in [0.29, 0.717) is 5.69 Å². The standard InChI is InChI=1S/C16H23N3O5S/c1-10(2)14(16(22)23)18-15(21)12(9-25)17-13(20)8-19(24)11-6-4-3-5-7-11/h3-7,10,12,14,24-25H,8-9H2,1-2H3,(H,17,20)(H,18,21)(H,22,23)/t12-,14-/m0/s1. The van der Waals surface area contributed by atoms with Gasteiger partial charge in [-0.3, -0.25) is 14.8 Å². The first kappa shape index (κ1) is 20.8. The molecule has 0 heterocycles. The normalized spacial score (nSPS) is 13.0. The van der Waals surface area contributed by atoms with Gasteiger partial charge in [-0.05, 0) is 18.1 Å². The van der Waals surface area contributed by atoms with Gasteiger partial charge in [-0.2, -0.15) is 12.6 Å². The number of hydroxylamine groups is 1. The lowest BCUT2D eigenvalue weighted by Crippen LogP contribution is -2.55. The molecule has 9 heteroatoms. The second-order valence-corrected chi connectivity index (χ2v) is 6.13. The number of carbonyl (C=O) groups is 3. The molecule has 2 atom stereocenters. The van der Waals surface area contributed by atoms with Crippen molar-refractivity contribution in [3.63, 3.8) is 0 Å². The number of benzene rings is 1. The molecule has 1 aromatic carbocycles. The number of nitrogens with one attached hydrogen (secondary N) is 2. The van der Waals surface area contributed by atoms with Crippen LogP contribution in [0.15, 0.2) is 30.3 Å². The maximum absolute atomic E-state index is 12.2. The third kappa shape index (κ3) is 6.63. The molecule has 0 aromatic heterocycles. The molecule has 0 saturated carbocycles. The summed E-state index contributed by atoms with van der Waals surface area (Å²) in [5.41, 5.74) is 0.426. The summed E-state index contributed by atoms with van der Waals surface area (Å²) in [4.78, 5) is 35.3. The van der Waals surface area contributed by atoms with Crippen molar-refractivity contribution >= 4 is 36.1 Å². The molecule has 0 fully saturated rings. The molecular formula is C16H23N3O5S. The third-order valence-corrected chi connectivity index (χ3v) is 3.78. The minimum atomic E-state index is -1.15. The van der Waals surface area contributed by atoms with Crippen LogP contribution in [0.4, 0.5) is 5.69 Å². The van der Waals surface area contributed by atoms with Crippen LogP contribution in [0.3, 0.4) is 0 Å². The highest BCUT2D eigenvalue weighted by Gasteiger charge is 2.28. The fourth-order valence-corrected chi connectivity index (χ4v) is 2.29. The second-order valence-electron chi connectivity index (χ2n) is 5.76. The van der Waals surface area contributed by atoms with Gasteiger partial charge in [-0.25, -0.2) is 9.86 Å². The van der Waals surface area contributed by atoms with Gasteiger partial charge >= 0.3 is 5.97 Å². The monoisotopic (exact) mass is 369 g/mol. The van der Waals surface area contributed by atoms with E-state index in [1.165, 1.54) is 0 Å². The number of carbonyl (C=O) groups excluding carboxylic acids is 2. The van der Waals surface area contributed by atoms with Crippen LogP contribution < -0.4 is 15.7 Å². The first-order valence-corrected chi connectivity index (χ1v) is 8.34. The quantitative estimate of drug-likeness (QED) is 0.320. The van der Waals surface area contributed by atoms with Gasteiger partial charge in [0.05, 0.1) is 5.69 Å². The predicted octanol–water partition coefficient (Wildman–Crippen LogP) is 0.522. The van der Waals surface area contributed by atoms with Crippen molar-refractivity contribution in [3.05, 3.63) is 30.3 Å². The Morgan fingerprint density at radius 3 is 2.24 bits per heavy atom. The maximum atomic E-state index is 12.2. The number of aliphatic carboxylic acids is 1. The minimum Gasteiger partial charge on any atom is -0.480 e. The maximum Gasteiger partial charge on any atom is 0.326 e. The van der Waals surface area contributed by atoms with Crippen LogP contribution in [-0.2, 0) is 14.4 Å². The summed E-state index contributed by atoms with van der Waals surface area (Å²) in [6.07, 6.45) is 0. The lowest BCUT2D eigenvalue weighted by Gasteiger charge is -2.23. The molecular weight excluding hydrogens is 346 g/mol. The van der Waals surface area contributed by atoms with E-state index >= 15 is 0 Å². The average Bonchev–Trinajstić information content (AvgIpc) is 2.57. The van der Waals surface area contributed by atoms with Gasteiger partial charge in [-0.1, -0.05) is 32.0 Å². The van der Waals surface area contributed by atoms with Gasteiger partial charge in [-0.15, -0.1) is 0 Å². The topological polar surface area (TPSA) is 119 Å². The molecule has 25 heavy (non-hydrogen) atoms. The molecule has 0 spiro atoms. The Hall–Kier alpha value is -2.26. The molecule has 2 amide bonds. The molecule has 1 aromatic rings. The third-order valence-electron chi connectivity index (χ3n) is 3.41. The lowest BCUT2D eigenvalue weighted by molar-refractivity contribution is -0.143. The highest BCUT2D eigenvalue weighted by atomic mass is 32.1. The molecule has 0 bridgehead atoms. The van der Waals surface area contributed by atoms with Gasteiger partial charge in [0, 0.05) is 5.75 Å². The summed E-state index contributed by atoms with van der Waals surface area (Å²) in [6.45, 7) is 2.95. The zero-order valence-electron chi connectivity index (χ0n) is 14.0. The highest BCUT2D eigenvalue weighted by molar-refractivity contribution is 7.80. The fraction of sp³-hybridized carbons (Fsp3) is 0.438. The summed E-state index contributed by atoms with van der Waals surface area (Å²) in [5, 5.41) is 24.5. The predicted molar refractivity (Wildman–Crippen MR) is 95.8 cm³/mol. The number of nitrogens with zero attached hydrogens (tertiary/aromatic N) is 1. The van der Waals surface area contributed by atoms with Crippen molar-refractivity contribution in [2.45, 2.75) is 25.9 Å². The number of amides is 2. The fourth-order valence-electron chi connectivity index (χ4n) is 2.03. The van der Waals surface area contributed by atoms with Crippen molar-refractivity contribution < 1.29 is 24.7 Å². The first-order valence-electron chi connectivity index (χ1n) is 7.71. The Kier molecular flexibility index (Phi) is 8.23. The van der Waals surface area contributed by atoms with Crippen LogP contribution in [-0.4, -0.2) is 52.5 Å². The summed E-state index contributed by atoms with van der Waals surface area (Å²) < 4.78 is 0. The molecule has 0 aliphatic rings. The summed E-state index contributed by atoms with van der Waals surface area (Å²) >= 11 is 4.02. The van der Waals surface area contributed by atoms with Crippen LogP contribution in [0, 0.1) is 5.92 Å². The molecule has 0 radical (unpaired) electrons. The van der Waals surface area contributed by atoms with E-state index in [9.17, 15) is 19.6 Å². The smallest absolute Gasteiger partial charge is 0.326 e. The van der Waals surface area contributed by atoms with E-state index in [2.05, 4.69) is 23.3 Å². The average molecular weight is 369 g/mol. The van der Waals surface area contributed by atoms with Crippen molar-refractivity contribution in [1.82, 2.24) is 10.6 Å². The molecule has 1 rings (SSSR count). The molecule has 4 N–H and O–H groups in total. The Bertz CT molecular complexity index is 597. The Morgan fingerprint density at radius 2 is 1.76 bits per heavy atom. The molecule has 0 aliphatic carbocycles. The Morgan fingerprint density at radius 1 is 1.16 bits per heavy atom.